The van der Waals surface area contributed by atoms with Crippen LogP contribution in [0.15, 0.2) is 34.9 Å². The number of fused-ring (bicyclic) bond motifs is 1. The minimum Gasteiger partial charge on any atom is -0.384 e. The van der Waals surface area contributed by atoms with Crippen LogP contribution < -0.4 is 5.32 Å². The van der Waals surface area contributed by atoms with E-state index in [4.69, 9.17) is 0 Å². The van der Waals surface area contributed by atoms with E-state index in [9.17, 15) is 8.42 Å². The second-order valence-corrected chi connectivity index (χ2v) is 7.87. The highest BCUT2D eigenvalue weighted by Crippen LogP contribution is 2.27. The summed E-state index contributed by atoms with van der Waals surface area (Å²) in [5.41, 5.74) is 1.92. The Morgan fingerprint density at radius 2 is 2.09 bits per heavy atom. The van der Waals surface area contributed by atoms with Gasteiger partial charge in [-0.25, -0.2) is 12.7 Å². The van der Waals surface area contributed by atoms with E-state index in [0.717, 1.165) is 27.5 Å². The zero-order chi connectivity index (χ0) is 16.2. The summed E-state index contributed by atoms with van der Waals surface area (Å²) >= 11 is 3.50. The molecule has 0 spiro atoms. The van der Waals surface area contributed by atoms with Gasteiger partial charge in [-0.3, -0.25) is 4.98 Å². The van der Waals surface area contributed by atoms with E-state index in [0.29, 0.717) is 19.6 Å². The van der Waals surface area contributed by atoms with Crippen LogP contribution in [-0.2, 0) is 10.0 Å². The monoisotopic (exact) mass is 385 g/mol. The van der Waals surface area contributed by atoms with Crippen LogP contribution in [0.2, 0.25) is 0 Å². The third kappa shape index (κ3) is 4.18. The molecule has 1 aromatic heterocycles. The van der Waals surface area contributed by atoms with Gasteiger partial charge < -0.3 is 5.32 Å². The fourth-order valence-electron chi connectivity index (χ4n) is 2.33. The number of rotatable bonds is 7. The molecular weight excluding hydrogens is 366 g/mol. The van der Waals surface area contributed by atoms with E-state index in [1.54, 1.807) is 6.20 Å². The fourth-order valence-corrected chi connectivity index (χ4v) is 3.73. The zero-order valence-electron chi connectivity index (χ0n) is 12.7. The normalized spacial score (nSPS) is 12.0. The zero-order valence-corrected chi connectivity index (χ0v) is 15.1. The first-order valence-electron chi connectivity index (χ1n) is 7.15. The molecule has 0 amide bonds. The molecule has 2 rings (SSSR count). The number of anilines is 1. The maximum Gasteiger partial charge on any atom is 0.211 e. The third-order valence-electron chi connectivity index (χ3n) is 3.44. The Labute approximate surface area is 139 Å². The quantitative estimate of drug-likeness (QED) is 0.743. The van der Waals surface area contributed by atoms with Gasteiger partial charge in [0.1, 0.15) is 0 Å². The number of hydrogen-bond donors (Lipinski definition) is 1. The fraction of sp³-hybridized carbons (Fsp3) is 0.400. The summed E-state index contributed by atoms with van der Waals surface area (Å²) < 4.78 is 25.5. The van der Waals surface area contributed by atoms with Crippen LogP contribution in [0.4, 0.5) is 5.69 Å². The van der Waals surface area contributed by atoms with Crippen LogP contribution in [0, 0.1) is 0 Å². The standard InChI is InChI=1S/C15H20BrN3O2S/c1-3-19(22(2,20)21)11-5-9-17-14-8-10-18-15-12(14)6-4-7-13(15)16/h4,6-8,10H,3,5,9,11H2,1-2H3,(H,17,18). The number of sulfonamides is 1. The van der Waals surface area contributed by atoms with Crippen LogP contribution in [-0.4, -0.2) is 43.6 Å². The summed E-state index contributed by atoms with van der Waals surface area (Å²) in [5.74, 6) is 0. The van der Waals surface area contributed by atoms with Gasteiger partial charge in [-0.1, -0.05) is 19.1 Å². The molecular formula is C15H20BrN3O2S. The second-order valence-electron chi connectivity index (χ2n) is 5.03. The van der Waals surface area contributed by atoms with Crippen molar-refractivity contribution in [2.75, 3.05) is 31.2 Å². The Hall–Kier alpha value is -1.18. The van der Waals surface area contributed by atoms with Crippen molar-refractivity contribution in [1.29, 1.82) is 0 Å². The predicted molar refractivity (Wildman–Crippen MR) is 94.6 cm³/mol. The summed E-state index contributed by atoms with van der Waals surface area (Å²) in [6.45, 7) is 3.58. The first kappa shape index (κ1) is 17.2. The molecule has 0 aliphatic heterocycles. The van der Waals surface area contributed by atoms with Crippen molar-refractivity contribution < 1.29 is 8.42 Å². The van der Waals surface area contributed by atoms with Gasteiger partial charge in [-0.05, 0) is 34.5 Å². The molecule has 1 heterocycles. The van der Waals surface area contributed by atoms with E-state index in [2.05, 4.69) is 26.2 Å². The number of halogens is 1. The Balaban J connectivity index is 2.00. The molecule has 0 bridgehead atoms. The number of benzene rings is 1. The third-order valence-corrected chi connectivity index (χ3v) is 5.46. The predicted octanol–water partition coefficient (Wildman–Crippen LogP) is 3.08. The van der Waals surface area contributed by atoms with Gasteiger partial charge in [-0.2, -0.15) is 0 Å². The first-order chi connectivity index (χ1) is 10.4. The van der Waals surface area contributed by atoms with Gasteiger partial charge in [0.2, 0.25) is 10.0 Å². The molecule has 7 heteroatoms. The van der Waals surface area contributed by atoms with Gasteiger partial charge in [0, 0.05) is 41.4 Å². The van der Waals surface area contributed by atoms with Crippen LogP contribution in [0.5, 0.6) is 0 Å². The Morgan fingerprint density at radius 1 is 1.32 bits per heavy atom. The van der Waals surface area contributed by atoms with Gasteiger partial charge >= 0.3 is 0 Å². The minimum atomic E-state index is -3.11. The number of aromatic nitrogens is 1. The lowest BCUT2D eigenvalue weighted by Crippen LogP contribution is -2.31. The van der Waals surface area contributed by atoms with Crippen molar-refractivity contribution in [3.63, 3.8) is 0 Å². The molecule has 5 nitrogen and oxygen atoms in total. The summed E-state index contributed by atoms with van der Waals surface area (Å²) in [6.07, 6.45) is 3.76. The number of para-hydroxylation sites is 1. The van der Waals surface area contributed by atoms with Crippen LogP contribution in [0.25, 0.3) is 10.9 Å². The van der Waals surface area contributed by atoms with E-state index >= 15 is 0 Å². The van der Waals surface area contributed by atoms with Gasteiger partial charge in [0.25, 0.3) is 0 Å². The molecule has 0 saturated heterocycles. The molecule has 22 heavy (non-hydrogen) atoms. The van der Waals surface area contributed by atoms with Crippen LogP contribution in [0.3, 0.4) is 0 Å². The van der Waals surface area contributed by atoms with E-state index in [1.807, 2.05) is 31.2 Å². The molecule has 0 aliphatic rings. The van der Waals surface area contributed by atoms with Crippen LogP contribution >= 0.6 is 15.9 Å². The lowest BCUT2D eigenvalue weighted by molar-refractivity contribution is 0.429. The average molecular weight is 386 g/mol. The Morgan fingerprint density at radius 3 is 2.77 bits per heavy atom. The molecule has 0 atom stereocenters. The van der Waals surface area contributed by atoms with E-state index in [-0.39, 0.29) is 0 Å². The number of nitrogens with zero attached hydrogens (tertiary/aromatic N) is 2. The van der Waals surface area contributed by atoms with E-state index in [1.165, 1.54) is 10.6 Å². The number of pyridine rings is 1. The van der Waals surface area contributed by atoms with Gasteiger partial charge in [0.15, 0.2) is 0 Å². The molecule has 0 unspecified atom stereocenters. The summed E-state index contributed by atoms with van der Waals surface area (Å²) in [7, 11) is -3.11. The molecule has 1 aromatic carbocycles. The summed E-state index contributed by atoms with van der Waals surface area (Å²) in [4.78, 5) is 4.37. The molecule has 2 aromatic rings. The van der Waals surface area contributed by atoms with Gasteiger partial charge in [-0.15, -0.1) is 0 Å². The number of hydrogen-bond acceptors (Lipinski definition) is 4. The molecule has 0 fully saturated rings. The Bertz CT molecular complexity index is 750. The topological polar surface area (TPSA) is 62.3 Å². The average Bonchev–Trinajstić information content (AvgIpc) is 2.46. The lowest BCUT2D eigenvalue weighted by Gasteiger charge is -2.18. The van der Waals surface area contributed by atoms with E-state index < -0.39 is 10.0 Å². The molecule has 0 radical (unpaired) electrons. The highest BCUT2D eigenvalue weighted by molar-refractivity contribution is 9.10. The SMILES string of the molecule is CCN(CCCNc1ccnc2c(Br)cccc12)S(C)(=O)=O. The van der Waals surface area contributed by atoms with Crippen LogP contribution in [0.1, 0.15) is 13.3 Å². The Kier molecular flexibility index (Phi) is 5.77. The summed E-state index contributed by atoms with van der Waals surface area (Å²) in [6, 6.07) is 7.89. The minimum absolute atomic E-state index is 0.504. The second kappa shape index (κ2) is 7.39. The smallest absolute Gasteiger partial charge is 0.211 e. The number of nitrogens with one attached hydrogen (secondary N) is 1. The molecule has 1 N–H and O–H groups in total. The lowest BCUT2D eigenvalue weighted by atomic mass is 10.2. The van der Waals surface area contributed by atoms with Crippen molar-refractivity contribution in [3.05, 3.63) is 34.9 Å². The molecule has 0 aliphatic carbocycles. The first-order valence-corrected chi connectivity index (χ1v) is 9.80. The van der Waals surface area contributed by atoms with Crippen molar-refractivity contribution in [1.82, 2.24) is 9.29 Å². The summed E-state index contributed by atoms with van der Waals surface area (Å²) in [5, 5.41) is 4.41. The molecule has 120 valence electrons. The van der Waals surface area contributed by atoms with Crippen molar-refractivity contribution in [2.24, 2.45) is 0 Å². The maximum atomic E-state index is 11.5. The van der Waals surface area contributed by atoms with Crippen molar-refractivity contribution in [2.45, 2.75) is 13.3 Å². The maximum absolute atomic E-state index is 11.5. The largest absolute Gasteiger partial charge is 0.384 e. The van der Waals surface area contributed by atoms with Gasteiger partial charge in [0.05, 0.1) is 11.8 Å². The van der Waals surface area contributed by atoms with Crippen molar-refractivity contribution in [3.8, 4) is 0 Å². The highest BCUT2D eigenvalue weighted by Gasteiger charge is 2.13. The van der Waals surface area contributed by atoms with Crippen molar-refractivity contribution >= 4 is 42.5 Å². The highest BCUT2D eigenvalue weighted by atomic mass is 79.9. The molecule has 0 saturated carbocycles.